The lowest BCUT2D eigenvalue weighted by atomic mass is 10.1. The maximum absolute atomic E-state index is 13.0. The molecule has 1 aliphatic heterocycles. The Bertz CT molecular complexity index is 714. The third-order valence-electron chi connectivity index (χ3n) is 4.83. The maximum atomic E-state index is 13.0. The Morgan fingerprint density at radius 2 is 1.71 bits per heavy atom. The fourth-order valence-corrected chi connectivity index (χ4v) is 3.36. The van der Waals surface area contributed by atoms with Crippen molar-refractivity contribution in [2.75, 3.05) is 31.1 Å². The van der Waals surface area contributed by atoms with E-state index in [1.54, 1.807) is 30.6 Å². The number of halogens is 1. The summed E-state index contributed by atoms with van der Waals surface area (Å²) in [6.07, 6.45) is 4.33. The van der Waals surface area contributed by atoms with Gasteiger partial charge in [-0.05, 0) is 36.1 Å². The van der Waals surface area contributed by atoms with Crippen molar-refractivity contribution in [2.24, 2.45) is 5.92 Å². The van der Waals surface area contributed by atoms with Crippen molar-refractivity contribution < 1.29 is 9.18 Å². The largest absolute Gasteiger partial charge is 0.339 e. The molecule has 2 fully saturated rings. The Balaban J connectivity index is 1.33. The molecule has 6 heteroatoms. The summed E-state index contributed by atoms with van der Waals surface area (Å²) in [4.78, 5) is 25.2. The average Bonchev–Trinajstić information content (AvgIpc) is 3.43. The number of nitrogens with zero attached hydrogens (tertiary/aromatic N) is 4. The first kappa shape index (κ1) is 15.1. The van der Waals surface area contributed by atoms with Gasteiger partial charge in [-0.15, -0.1) is 0 Å². The quantitative estimate of drug-likeness (QED) is 0.866. The monoisotopic (exact) mass is 326 g/mol. The molecule has 0 radical (unpaired) electrons. The van der Waals surface area contributed by atoms with Gasteiger partial charge < -0.3 is 9.80 Å². The average molecular weight is 326 g/mol. The summed E-state index contributed by atoms with van der Waals surface area (Å²) < 4.78 is 13.0. The molecule has 24 heavy (non-hydrogen) atoms. The van der Waals surface area contributed by atoms with Crippen LogP contribution in [0.3, 0.4) is 0 Å². The van der Waals surface area contributed by atoms with Gasteiger partial charge in [0.15, 0.2) is 0 Å². The number of carbonyl (C=O) groups is 1. The molecule has 2 atom stereocenters. The second-order valence-electron chi connectivity index (χ2n) is 6.36. The van der Waals surface area contributed by atoms with E-state index in [-0.39, 0.29) is 23.6 Å². The van der Waals surface area contributed by atoms with Crippen molar-refractivity contribution in [1.29, 1.82) is 0 Å². The summed E-state index contributed by atoms with van der Waals surface area (Å²) in [6, 6.07) is 8.31. The lowest BCUT2D eigenvalue weighted by molar-refractivity contribution is -0.133. The maximum Gasteiger partial charge on any atom is 0.226 e. The van der Waals surface area contributed by atoms with E-state index in [1.807, 2.05) is 4.90 Å². The van der Waals surface area contributed by atoms with Gasteiger partial charge in [-0.2, -0.15) is 0 Å². The Morgan fingerprint density at radius 3 is 2.38 bits per heavy atom. The highest BCUT2D eigenvalue weighted by molar-refractivity contribution is 5.83. The molecule has 0 spiro atoms. The number of amides is 1. The molecule has 1 aromatic carbocycles. The van der Waals surface area contributed by atoms with Crippen LogP contribution in [-0.2, 0) is 4.79 Å². The molecule has 1 unspecified atom stereocenters. The summed E-state index contributed by atoms with van der Waals surface area (Å²) in [7, 11) is 0. The van der Waals surface area contributed by atoms with E-state index in [9.17, 15) is 9.18 Å². The van der Waals surface area contributed by atoms with E-state index < -0.39 is 0 Å². The van der Waals surface area contributed by atoms with Crippen LogP contribution in [0.2, 0.25) is 0 Å². The van der Waals surface area contributed by atoms with Crippen LogP contribution in [0.15, 0.2) is 42.7 Å². The second kappa shape index (κ2) is 6.19. The lowest BCUT2D eigenvalue weighted by Crippen LogP contribution is -2.49. The van der Waals surface area contributed by atoms with E-state index in [1.165, 1.54) is 12.1 Å². The van der Waals surface area contributed by atoms with Gasteiger partial charge in [0.25, 0.3) is 0 Å². The molecule has 124 valence electrons. The van der Waals surface area contributed by atoms with Gasteiger partial charge in [-0.1, -0.05) is 12.1 Å². The van der Waals surface area contributed by atoms with Gasteiger partial charge in [0.2, 0.25) is 11.9 Å². The standard InChI is InChI=1S/C18H19FN4O/c19-14-4-2-13(3-5-14)15-12-16(15)17(24)22-8-10-23(11-9-22)18-20-6-1-7-21-18/h1-7,15-16H,8-12H2/t15-,16?/m0/s1. The van der Waals surface area contributed by atoms with E-state index in [0.29, 0.717) is 13.1 Å². The van der Waals surface area contributed by atoms with E-state index in [0.717, 1.165) is 31.0 Å². The van der Waals surface area contributed by atoms with Crippen molar-refractivity contribution in [3.63, 3.8) is 0 Å². The highest BCUT2D eigenvalue weighted by Gasteiger charge is 2.46. The van der Waals surface area contributed by atoms with Crippen LogP contribution in [0.5, 0.6) is 0 Å². The molecular weight excluding hydrogens is 307 g/mol. The van der Waals surface area contributed by atoms with Crippen LogP contribution in [0.1, 0.15) is 17.9 Å². The Morgan fingerprint density at radius 1 is 1.04 bits per heavy atom. The van der Waals surface area contributed by atoms with Crippen LogP contribution in [0.4, 0.5) is 10.3 Å². The van der Waals surface area contributed by atoms with Gasteiger partial charge >= 0.3 is 0 Å². The third kappa shape index (κ3) is 2.96. The molecule has 2 heterocycles. The molecular formula is C18H19FN4O. The zero-order valence-electron chi connectivity index (χ0n) is 13.3. The van der Waals surface area contributed by atoms with Crippen LogP contribution in [0.25, 0.3) is 0 Å². The van der Waals surface area contributed by atoms with Crippen LogP contribution < -0.4 is 4.90 Å². The van der Waals surface area contributed by atoms with Crippen molar-refractivity contribution >= 4 is 11.9 Å². The third-order valence-corrected chi connectivity index (χ3v) is 4.83. The van der Waals surface area contributed by atoms with Gasteiger partial charge in [-0.25, -0.2) is 14.4 Å². The van der Waals surface area contributed by atoms with E-state index in [4.69, 9.17) is 0 Å². The molecule has 0 N–H and O–H groups in total. The summed E-state index contributed by atoms with van der Waals surface area (Å²) in [5.74, 6) is 1.00. The van der Waals surface area contributed by atoms with E-state index in [2.05, 4.69) is 14.9 Å². The molecule has 1 saturated heterocycles. The molecule has 1 aromatic heterocycles. The van der Waals surface area contributed by atoms with Crippen molar-refractivity contribution in [3.05, 3.63) is 54.1 Å². The fraction of sp³-hybridized carbons (Fsp3) is 0.389. The first-order valence-corrected chi connectivity index (χ1v) is 8.28. The number of hydrogen-bond acceptors (Lipinski definition) is 4. The van der Waals surface area contributed by atoms with Gasteiger partial charge in [0.1, 0.15) is 5.82 Å². The minimum atomic E-state index is -0.235. The lowest BCUT2D eigenvalue weighted by Gasteiger charge is -2.34. The highest BCUT2D eigenvalue weighted by Crippen LogP contribution is 2.48. The molecule has 2 aliphatic rings. The first-order chi connectivity index (χ1) is 11.7. The van der Waals surface area contributed by atoms with Crippen molar-refractivity contribution in [1.82, 2.24) is 14.9 Å². The number of aromatic nitrogens is 2. The molecule has 2 aromatic rings. The molecule has 1 aliphatic carbocycles. The zero-order chi connectivity index (χ0) is 16.5. The van der Waals surface area contributed by atoms with Crippen molar-refractivity contribution in [3.8, 4) is 0 Å². The normalized spacial score (nSPS) is 23.2. The Kier molecular flexibility index (Phi) is 3.88. The number of rotatable bonds is 3. The zero-order valence-corrected chi connectivity index (χ0v) is 13.3. The number of hydrogen-bond donors (Lipinski definition) is 0. The summed E-state index contributed by atoms with van der Waals surface area (Å²) in [6.45, 7) is 2.90. The number of piperazine rings is 1. The Labute approximate surface area is 140 Å². The fourth-order valence-electron chi connectivity index (χ4n) is 3.36. The van der Waals surface area contributed by atoms with Crippen LogP contribution >= 0.6 is 0 Å². The summed E-state index contributed by atoms with van der Waals surface area (Å²) in [5.41, 5.74) is 1.06. The summed E-state index contributed by atoms with van der Waals surface area (Å²) >= 11 is 0. The van der Waals surface area contributed by atoms with Crippen LogP contribution in [-0.4, -0.2) is 47.0 Å². The van der Waals surface area contributed by atoms with Crippen molar-refractivity contribution in [2.45, 2.75) is 12.3 Å². The first-order valence-electron chi connectivity index (χ1n) is 8.28. The minimum absolute atomic E-state index is 0.0509. The highest BCUT2D eigenvalue weighted by atomic mass is 19.1. The topological polar surface area (TPSA) is 49.3 Å². The van der Waals surface area contributed by atoms with Gasteiger partial charge in [-0.3, -0.25) is 4.79 Å². The van der Waals surface area contributed by atoms with Gasteiger partial charge in [0.05, 0.1) is 0 Å². The van der Waals surface area contributed by atoms with Crippen LogP contribution in [0, 0.1) is 11.7 Å². The molecule has 0 bridgehead atoms. The summed E-state index contributed by atoms with van der Waals surface area (Å²) in [5, 5.41) is 0. The predicted molar refractivity (Wildman–Crippen MR) is 88.1 cm³/mol. The molecule has 1 amide bonds. The minimum Gasteiger partial charge on any atom is -0.339 e. The second-order valence-corrected chi connectivity index (χ2v) is 6.36. The number of benzene rings is 1. The Hall–Kier alpha value is -2.50. The molecule has 1 saturated carbocycles. The predicted octanol–water partition coefficient (Wildman–Crippen LogP) is 2.07. The van der Waals surface area contributed by atoms with Gasteiger partial charge in [0, 0.05) is 44.5 Å². The van der Waals surface area contributed by atoms with E-state index >= 15 is 0 Å². The number of anilines is 1. The molecule has 5 nitrogen and oxygen atoms in total. The number of carbonyl (C=O) groups excluding carboxylic acids is 1. The smallest absolute Gasteiger partial charge is 0.226 e. The SMILES string of the molecule is O=C(C1C[C@H]1c1ccc(F)cc1)N1CCN(c2ncccn2)CC1. The molecule has 4 rings (SSSR count).